The highest BCUT2D eigenvalue weighted by atomic mass is 35.5. The Kier molecular flexibility index (Phi) is 5.71. The monoisotopic (exact) mass is 365 g/mol. The Balaban J connectivity index is 1.86. The fourth-order valence-corrected chi connectivity index (χ4v) is 3.69. The van der Waals surface area contributed by atoms with Crippen LogP contribution in [0.2, 0.25) is 5.02 Å². The van der Waals surface area contributed by atoms with Crippen molar-refractivity contribution < 1.29 is 19.7 Å². The van der Waals surface area contributed by atoms with E-state index < -0.39 is 24.1 Å². The van der Waals surface area contributed by atoms with Crippen molar-refractivity contribution in [2.24, 2.45) is 0 Å². The highest BCUT2D eigenvalue weighted by molar-refractivity contribution is 6.30. The van der Waals surface area contributed by atoms with Gasteiger partial charge in [0, 0.05) is 12.6 Å². The number of hydrogen-bond donors (Lipinski definition) is 3. The van der Waals surface area contributed by atoms with E-state index in [2.05, 4.69) is 0 Å². The van der Waals surface area contributed by atoms with Crippen LogP contribution < -0.4 is 0 Å². The van der Waals surface area contributed by atoms with Gasteiger partial charge in [0.05, 0.1) is 29.9 Å². The first-order valence-electron chi connectivity index (χ1n) is 8.22. The first kappa shape index (κ1) is 18.3. The minimum atomic E-state index is -1.05. The molecule has 3 N–H and O–H groups in total. The molecule has 1 fully saturated rings. The summed E-state index contributed by atoms with van der Waals surface area (Å²) in [6, 6.07) is 13.1. The number of benzene rings is 2. The SMILES string of the molecule is OC[C@@H]1[C@@H](O)[C@@H](O)[C@H](Cc2ccccc2)N1Cc1ccc(F)c(Cl)c1. The van der Waals surface area contributed by atoms with E-state index in [1.807, 2.05) is 35.2 Å². The van der Waals surface area contributed by atoms with E-state index in [-0.39, 0.29) is 17.7 Å². The summed E-state index contributed by atoms with van der Waals surface area (Å²) in [6.07, 6.45) is -1.49. The number of likely N-dealkylation sites (tertiary alicyclic amines) is 1. The lowest BCUT2D eigenvalue weighted by Crippen LogP contribution is -2.41. The standard InChI is InChI=1S/C19H21ClFNO3/c20-14-8-13(6-7-15(14)21)10-22-16(9-12-4-2-1-3-5-12)18(24)19(25)17(22)11-23/h1-8,16-19,23-25H,9-11H2/t16-,17+,18-,19+/m0/s1. The Morgan fingerprint density at radius 2 is 1.64 bits per heavy atom. The molecular weight excluding hydrogens is 345 g/mol. The van der Waals surface area contributed by atoms with Gasteiger partial charge in [0.2, 0.25) is 0 Å². The van der Waals surface area contributed by atoms with Crippen LogP contribution in [0.3, 0.4) is 0 Å². The summed E-state index contributed by atoms with van der Waals surface area (Å²) in [6.45, 7) is 0.0648. The molecule has 0 radical (unpaired) electrons. The number of aliphatic hydroxyl groups excluding tert-OH is 3. The van der Waals surface area contributed by atoms with Crippen LogP contribution in [0.4, 0.5) is 4.39 Å². The Hall–Kier alpha value is -1.50. The molecule has 25 heavy (non-hydrogen) atoms. The zero-order valence-corrected chi connectivity index (χ0v) is 14.4. The average Bonchev–Trinajstić information content (AvgIpc) is 2.83. The van der Waals surface area contributed by atoms with Gasteiger partial charge in [0.25, 0.3) is 0 Å². The van der Waals surface area contributed by atoms with Crippen LogP contribution in [-0.2, 0) is 13.0 Å². The quantitative estimate of drug-likeness (QED) is 0.758. The molecular formula is C19H21ClFNO3. The molecule has 1 heterocycles. The van der Waals surface area contributed by atoms with E-state index in [0.717, 1.165) is 11.1 Å². The van der Waals surface area contributed by atoms with Crippen molar-refractivity contribution in [3.8, 4) is 0 Å². The van der Waals surface area contributed by atoms with Crippen molar-refractivity contribution in [2.75, 3.05) is 6.61 Å². The minimum absolute atomic E-state index is 0.0259. The largest absolute Gasteiger partial charge is 0.395 e. The summed E-state index contributed by atoms with van der Waals surface area (Å²) < 4.78 is 13.4. The predicted octanol–water partition coefficient (Wildman–Crippen LogP) is 1.99. The van der Waals surface area contributed by atoms with E-state index in [9.17, 15) is 19.7 Å². The Labute approximate surface area is 151 Å². The topological polar surface area (TPSA) is 63.9 Å². The molecule has 0 unspecified atom stereocenters. The molecule has 6 heteroatoms. The van der Waals surface area contributed by atoms with Gasteiger partial charge in [-0.25, -0.2) is 4.39 Å². The Morgan fingerprint density at radius 3 is 2.28 bits per heavy atom. The molecule has 0 amide bonds. The molecule has 2 aromatic rings. The maximum atomic E-state index is 13.4. The van der Waals surface area contributed by atoms with Crippen molar-refractivity contribution in [2.45, 2.75) is 37.3 Å². The molecule has 0 spiro atoms. The van der Waals surface area contributed by atoms with Gasteiger partial charge >= 0.3 is 0 Å². The van der Waals surface area contributed by atoms with Gasteiger partial charge in [-0.05, 0) is 29.7 Å². The lowest BCUT2D eigenvalue weighted by atomic mass is 10.0. The maximum Gasteiger partial charge on any atom is 0.141 e. The summed E-state index contributed by atoms with van der Waals surface area (Å²) in [5.41, 5.74) is 1.78. The lowest BCUT2D eigenvalue weighted by Gasteiger charge is -2.30. The predicted molar refractivity (Wildman–Crippen MR) is 93.8 cm³/mol. The zero-order valence-electron chi connectivity index (χ0n) is 13.6. The van der Waals surface area contributed by atoms with Crippen LogP contribution in [0.25, 0.3) is 0 Å². The summed E-state index contributed by atoms with van der Waals surface area (Å²) in [7, 11) is 0. The minimum Gasteiger partial charge on any atom is -0.395 e. The number of halogens is 2. The van der Waals surface area contributed by atoms with Crippen LogP contribution in [0.15, 0.2) is 48.5 Å². The third-order valence-electron chi connectivity index (χ3n) is 4.81. The Bertz CT molecular complexity index is 715. The fraction of sp³-hybridized carbons (Fsp3) is 0.368. The Morgan fingerprint density at radius 1 is 0.960 bits per heavy atom. The number of rotatable bonds is 5. The van der Waals surface area contributed by atoms with Gasteiger partial charge in [-0.15, -0.1) is 0 Å². The van der Waals surface area contributed by atoms with E-state index in [4.69, 9.17) is 11.6 Å². The van der Waals surface area contributed by atoms with Crippen LogP contribution >= 0.6 is 11.6 Å². The van der Waals surface area contributed by atoms with Gasteiger partial charge in [0.1, 0.15) is 5.82 Å². The zero-order chi connectivity index (χ0) is 18.0. The van der Waals surface area contributed by atoms with Gasteiger partial charge in [-0.2, -0.15) is 0 Å². The van der Waals surface area contributed by atoms with Gasteiger partial charge < -0.3 is 15.3 Å². The average molecular weight is 366 g/mol. The smallest absolute Gasteiger partial charge is 0.141 e. The molecule has 1 aliphatic rings. The molecule has 0 aliphatic carbocycles. The molecule has 2 aromatic carbocycles. The van der Waals surface area contributed by atoms with E-state index in [1.165, 1.54) is 12.1 Å². The van der Waals surface area contributed by atoms with Crippen LogP contribution in [0.1, 0.15) is 11.1 Å². The fourth-order valence-electron chi connectivity index (χ4n) is 3.48. The van der Waals surface area contributed by atoms with Crippen LogP contribution in [0.5, 0.6) is 0 Å². The van der Waals surface area contributed by atoms with Gasteiger partial charge in [-0.1, -0.05) is 48.0 Å². The van der Waals surface area contributed by atoms with Crippen molar-refractivity contribution >= 4 is 11.6 Å². The first-order chi connectivity index (χ1) is 12.0. The summed E-state index contributed by atoms with van der Waals surface area (Å²) in [5.74, 6) is -0.494. The second-order valence-electron chi connectivity index (χ2n) is 6.41. The molecule has 1 aliphatic heterocycles. The molecule has 0 aromatic heterocycles. The second-order valence-corrected chi connectivity index (χ2v) is 6.82. The van der Waals surface area contributed by atoms with Crippen molar-refractivity contribution in [3.05, 3.63) is 70.5 Å². The normalized spacial score (nSPS) is 26.9. The summed E-state index contributed by atoms with van der Waals surface area (Å²) in [5, 5.41) is 30.5. The summed E-state index contributed by atoms with van der Waals surface area (Å²) in [4.78, 5) is 1.87. The molecule has 4 nitrogen and oxygen atoms in total. The van der Waals surface area contributed by atoms with E-state index in [0.29, 0.717) is 13.0 Å². The molecule has 4 atom stereocenters. The van der Waals surface area contributed by atoms with Crippen molar-refractivity contribution in [1.82, 2.24) is 4.90 Å². The maximum absolute atomic E-state index is 13.4. The number of hydrogen-bond acceptors (Lipinski definition) is 4. The van der Waals surface area contributed by atoms with Gasteiger partial charge in [-0.3, -0.25) is 4.90 Å². The molecule has 0 bridgehead atoms. The first-order valence-corrected chi connectivity index (χ1v) is 8.59. The highest BCUT2D eigenvalue weighted by Gasteiger charge is 2.46. The highest BCUT2D eigenvalue weighted by Crippen LogP contribution is 2.30. The van der Waals surface area contributed by atoms with Crippen LogP contribution in [0, 0.1) is 5.82 Å². The third-order valence-corrected chi connectivity index (χ3v) is 5.10. The molecule has 0 saturated carbocycles. The molecule has 1 saturated heterocycles. The summed E-state index contributed by atoms with van der Waals surface area (Å²) >= 11 is 5.85. The van der Waals surface area contributed by atoms with E-state index in [1.54, 1.807) is 6.07 Å². The van der Waals surface area contributed by atoms with E-state index >= 15 is 0 Å². The lowest BCUT2D eigenvalue weighted by molar-refractivity contribution is 0.0178. The number of aliphatic hydroxyl groups is 3. The van der Waals surface area contributed by atoms with Crippen molar-refractivity contribution in [1.29, 1.82) is 0 Å². The number of nitrogens with zero attached hydrogens (tertiary/aromatic N) is 1. The van der Waals surface area contributed by atoms with Gasteiger partial charge in [0.15, 0.2) is 0 Å². The van der Waals surface area contributed by atoms with Crippen LogP contribution in [-0.4, -0.2) is 51.1 Å². The second kappa shape index (κ2) is 7.81. The van der Waals surface area contributed by atoms with Crippen molar-refractivity contribution in [3.63, 3.8) is 0 Å². The molecule has 134 valence electrons. The molecule has 3 rings (SSSR count). The third kappa shape index (κ3) is 3.86.